The normalized spacial score (nSPS) is 11.8. The first kappa shape index (κ1) is 11.5. The van der Waals surface area contributed by atoms with E-state index in [0.717, 1.165) is 6.07 Å². The highest BCUT2D eigenvalue weighted by atomic mass is 32.2. The van der Waals surface area contributed by atoms with Gasteiger partial charge >= 0.3 is 0 Å². The molecule has 0 aliphatic heterocycles. The van der Waals surface area contributed by atoms with Gasteiger partial charge in [-0.25, -0.2) is 8.78 Å². The van der Waals surface area contributed by atoms with E-state index in [1.54, 1.807) is 0 Å². The Kier molecular flexibility index (Phi) is 3.50. The van der Waals surface area contributed by atoms with Gasteiger partial charge in [0.2, 0.25) is 0 Å². The fourth-order valence-corrected chi connectivity index (χ4v) is 1.87. The zero-order valence-corrected chi connectivity index (χ0v) is 9.00. The van der Waals surface area contributed by atoms with E-state index in [9.17, 15) is 8.78 Å². The molecule has 0 amide bonds. The summed E-state index contributed by atoms with van der Waals surface area (Å²) in [6, 6.07) is 3.57. The van der Waals surface area contributed by atoms with Crippen LogP contribution in [-0.2, 0) is 0 Å². The van der Waals surface area contributed by atoms with Gasteiger partial charge in [-0.15, -0.1) is 11.8 Å². The molecule has 0 unspecified atom stereocenters. The molecule has 0 aliphatic rings. The first-order chi connectivity index (χ1) is 6.44. The van der Waals surface area contributed by atoms with Crippen molar-refractivity contribution in [1.29, 1.82) is 0 Å². The second kappa shape index (κ2) is 4.28. The number of halogens is 2. The molecule has 0 radical (unpaired) electrons. The van der Waals surface area contributed by atoms with Crippen molar-refractivity contribution >= 4 is 11.8 Å². The monoisotopic (exact) mass is 217 g/mol. The molecule has 0 heterocycles. The van der Waals surface area contributed by atoms with Crippen molar-refractivity contribution in [2.24, 2.45) is 5.73 Å². The fourth-order valence-electron chi connectivity index (χ4n) is 0.897. The van der Waals surface area contributed by atoms with Gasteiger partial charge in [-0.1, -0.05) is 0 Å². The summed E-state index contributed by atoms with van der Waals surface area (Å²) in [4.78, 5) is 0.432. The van der Waals surface area contributed by atoms with E-state index in [4.69, 9.17) is 5.73 Å². The predicted molar refractivity (Wildman–Crippen MR) is 55.3 cm³/mol. The minimum absolute atomic E-state index is 0.237. The maximum atomic E-state index is 13.2. The molecular formula is C10H13F2NS. The van der Waals surface area contributed by atoms with E-state index < -0.39 is 11.6 Å². The van der Waals surface area contributed by atoms with Gasteiger partial charge in [0.05, 0.1) is 0 Å². The summed E-state index contributed by atoms with van der Waals surface area (Å²) < 4.78 is 25.6. The lowest BCUT2D eigenvalue weighted by atomic mass is 10.2. The Morgan fingerprint density at radius 3 is 2.50 bits per heavy atom. The molecule has 4 heteroatoms. The molecule has 0 saturated carbocycles. The highest BCUT2D eigenvalue weighted by molar-refractivity contribution is 8.00. The van der Waals surface area contributed by atoms with Crippen molar-refractivity contribution in [3.63, 3.8) is 0 Å². The van der Waals surface area contributed by atoms with Crippen molar-refractivity contribution in [3.05, 3.63) is 29.8 Å². The van der Waals surface area contributed by atoms with Crippen molar-refractivity contribution in [2.75, 3.05) is 6.54 Å². The van der Waals surface area contributed by atoms with Crippen LogP contribution in [0, 0.1) is 11.6 Å². The number of rotatable bonds is 3. The molecule has 1 nitrogen and oxygen atoms in total. The maximum absolute atomic E-state index is 13.2. The van der Waals surface area contributed by atoms with Crippen LogP contribution in [0.25, 0.3) is 0 Å². The van der Waals surface area contributed by atoms with Gasteiger partial charge < -0.3 is 5.73 Å². The van der Waals surface area contributed by atoms with Crippen LogP contribution in [0.1, 0.15) is 13.8 Å². The third-order valence-electron chi connectivity index (χ3n) is 1.77. The Labute approximate surface area is 86.7 Å². The number of hydrogen-bond acceptors (Lipinski definition) is 2. The highest BCUT2D eigenvalue weighted by Gasteiger charge is 2.19. The largest absolute Gasteiger partial charge is 0.329 e. The predicted octanol–water partition coefficient (Wildman–Crippen LogP) is 2.79. The Bertz CT molecular complexity index is 326. The molecule has 78 valence electrons. The van der Waals surface area contributed by atoms with Crippen LogP contribution in [0.3, 0.4) is 0 Å². The third-order valence-corrected chi connectivity index (χ3v) is 3.04. The van der Waals surface area contributed by atoms with Crippen molar-refractivity contribution < 1.29 is 8.78 Å². The molecule has 0 aromatic heterocycles. The van der Waals surface area contributed by atoms with Gasteiger partial charge in [0.15, 0.2) is 0 Å². The van der Waals surface area contributed by atoms with E-state index >= 15 is 0 Å². The molecule has 1 aromatic rings. The number of benzene rings is 1. The zero-order chi connectivity index (χ0) is 10.8. The van der Waals surface area contributed by atoms with Crippen LogP contribution in [0.2, 0.25) is 0 Å². The van der Waals surface area contributed by atoms with Crippen molar-refractivity contribution in [1.82, 2.24) is 0 Å². The molecule has 1 aromatic carbocycles. The molecule has 0 fully saturated rings. The summed E-state index contributed by atoms with van der Waals surface area (Å²) in [6.07, 6.45) is 0. The Hall–Kier alpha value is -0.610. The van der Waals surface area contributed by atoms with E-state index in [1.165, 1.54) is 23.9 Å². The topological polar surface area (TPSA) is 26.0 Å². The molecule has 0 bridgehead atoms. The second-order valence-corrected chi connectivity index (χ2v) is 5.39. The average molecular weight is 217 g/mol. The van der Waals surface area contributed by atoms with Crippen LogP contribution < -0.4 is 5.73 Å². The Balaban J connectivity index is 2.87. The summed E-state index contributed by atoms with van der Waals surface area (Å²) in [7, 11) is 0. The van der Waals surface area contributed by atoms with E-state index in [0.29, 0.717) is 11.4 Å². The molecular weight excluding hydrogens is 204 g/mol. The SMILES string of the molecule is CC(C)(CN)Sc1ccc(F)cc1F. The quantitative estimate of drug-likeness (QED) is 0.788. The molecule has 0 atom stereocenters. The van der Waals surface area contributed by atoms with Crippen molar-refractivity contribution in [3.8, 4) is 0 Å². The first-order valence-corrected chi connectivity index (χ1v) is 5.10. The van der Waals surface area contributed by atoms with E-state index in [-0.39, 0.29) is 4.75 Å². The zero-order valence-electron chi connectivity index (χ0n) is 8.18. The Morgan fingerprint density at radius 1 is 1.36 bits per heavy atom. The number of nitrogens with two attached hydrogens (primary N) is 1. The molecule has 1 rings (SSSR count). The van der Waals surface area contributed by atoms with Crippen LogP contribution in [0.5, 0.6) is 0 Å². The van der Waals surface area contributed by atoms with Gasteiger partial charge in [-0.2, -0.15) is 0 Å². The average Bonchev–Trinajstić information content (AvgIpc) is 2.10. The van der Waals surface area contributed by atoms with Crippen molar-refractivity contribution in [2.45, 2.75) is 23.5 Å². The molecule has 14 heavy (non-hydrogen) atoms. The van der Waals surface area contributed by atoms with Crippen LogP contribution >= 0.6 is 11.8 Å². The lowest BCUT2D eigenvalue weighted by molar-refractivity contribution is 0.564. The van der Waals surface area contributed by atoms with E-state index in [2.05, 4.69) is 0 Å². The molecule has 2 N–H and O–H groups in total. The lowest BCUT2D eigenvalue weighted by Gasteiger charge is -2.21. The van der Waals surface area contributed by atoms with Gasteiger partial charge in [0, 0.05) is 22.3 Å². The fraction of sp³-hybridized carbons (Fsp3) is 0.400. The van der Waals surface area contributed by atoms with Crippen LogP contribution in [0.4, 0.5) is 8.78 Å². The summed E-state index contributed by atoms with van der Waals surface area (Å²) >= 11 is 1.31. The van der Waals surface area contributed by atoms with Gasteiger partial charge in [-0.05, 0) is 26.0 Å². The lowest BCUT2D eigenvalue weighted by Crippen LogP contribution is -2.26. The summed E-state index contributed by atoms with van der Waals surface area (Å²) in [5.74, 6) is -1.09. The standard InChI is InChI=1S/C10H13F2NS/c1-10(2,6-13)14-9-4-3-7(11)5-8(9)12/h3-5H,6,13H2,1-2H3. The third kappa shape index (κ3) is 2.96. The van der Waals surface area contributed by atoms with Crippen LogP contribution in [0.15, 0.2) is 23.1 Å². The highest BCUT2D eigenvalue weighted by Crippen LogP contribution is 2.33. The number of thioether (sulfide) groups is 1. The summed E-state index contributed by atoms with van der Waals surface area (Å²) in [5.41, 5.74) is 5.52. The maximum Gasteiger partial charge on any atom is 0.139 e. The van der Waals surface area contributed by atoms with Crippen LogP contribution in [-0.4, -0.2) is 11.3 Å². The smallest absolute Gasteiger partial charge is 0.139 e. The first-order valence-electron chi connectivity index (χ1n) is 4.29. The molecule has 0 saturated heterocycles. The summed E-state index contributed by atoms with van der Waals surface area (Å²) in [5, 5.41) is 0. The summed E-state index contributed by atoms with van der Waals surface area (Å²) in [6.45, 7) is 4.27. The molecule has 0 aliphatic carbocycles. The second-order valence-electron chi connectivity index (χ2n) is 3.64. The van der Waals surface area contributed by atoms with Gasteiger partial charge in [0.25, 0.3) is 0 Å². The molecule has 0 spiro atoms. The Morgan fingerprint density at radius 2 is 2.00 bits per heavy atom. The number of hydrogen-bond donors (Lipinski definition) is 1. The minimum Gasteiger partial charge on any atom is -0.329 e. The van der Waals surface area contributed by atoms with Gasteiger partial charge in [-0.3, -0.25) is 0 Å². The van der Waals surface area contributed by atoms with E-state index in [1.807, 2.05) is 13.8 Å². The minimum atomic E-state index is -0.558. The van der Waals surface area contributed by atoms with Gasteiger partial charge in [0.1, 0.15) is 11.6 Å².